The Hall–Kier alpha value is -1.99. The zero-order valence-corrected chi connectivity index (χ0v) is 14.4. The van der Waals surface area contributed by atoms with E-state index in [1.54, 1.807) is 13.0 Å². The molecular formula is C17H25FN4O2. The molecule has 2 atom stereocenters. The number of rotatable bonds is 4. The summed E-state index contributed by atoms with van der Waals surface area (Å²) >= 11 is 0. The lowest BCUT2D eigenvalue weighted by molar-refractivity contribution is -0.125. The van der Waals surface area contributed by atoms with Gasteiger partial charge in [-0.2, -0.15) is 0 Å². The van der Waals surface area contributed by atoms with E-state index in [2.05, 4.69) is 15.5 Å². The highest BCUT2D eigenvalue weighted by Crippen LogP contribution is 2.24. The van der Waals surface area contributed by atoms with Gasteiger partial charge in [-0.15, -0.1) is 0 Å². The van der Waals surface area contributed by atoms with Crippen molar-refractivity contribution in [3.05, 3.63) is 35.6 Å². The number of carbonyl (C=O) groups is 2. The molecule has 2 rings (SSSR count). The summed E-state index contributed by atoms with van der Waals surface area (Å²) in [6.07, 6.45) is 0. The molecule has 0 radical (unpaired) electrons. The Morgan fingerprint density at radius 2 is 1.67 bits per heavy atom. The van der Waals surface area contributed by atoms with Gasteiger partial charge in [0.05, 0.1) is 6.04 Å². The zero-order valence-electron chi connectivity index (χ0n) is 14.4. The minimum Gasteiger partial charge on any atom is -0.341 e. The van der Waals surface area contributed by atoms with E-state index in [0.717, 1.165) is 13.1 Å². The van der Waals surface area contributed by atoms with Crippen LogP contribution in [0, 0.1) is 5.82 Å². The van der Waals surface area contributed by atoms with Crippen molar-refractivity contribution in [3.63, 3.8) is 0 Å². The third-order valence-corrected chi connectivity index (χ3v) is 4.64. The summed E-state index contributed by atoms with van der Waals surface area (Å²) in [5, 5.41) is 4.67. The first kappa shape index (κ1) is 18.4. The first-order valence-electron chi connectivity index (χ1n) is 8.19. The summed E-state index contributed by atoms with van der Waals surface area (Å²) in [5.41, 5.74) is 0.691. The molecule has 0 saturated carbocycles. The zero-order chi connectivity index (χ0) is 17.7. The van der Waals surface area contributed by atoms with Crippen LogP contribution in [0.1, 0.15) is 25.5 Å². The summed E-state index contributed by atoms with van der Waals surface area (Å²) in [7, 11) is 1.47. The molecule has 1 aromatic rings. The van der Waals surface area contributed by atoms with Gasteiger partial charge >= 0.3 is 6.03 Å². The second kappa shape index (κ2) is 8.21. The number of halogens is 1. The molecule has 0 aliphatic carbocycles. The van der Waals surface area contributed by atoms with Crippen molar-refractivity contribution in [2.45, 2.75) is 25.9 Å². The van der Waals surface area contributed by atoms with Crippen LogP contribution in [0.5, 0.6) is 0 Å². The molecule has 24 heavy (non-hydrogen) atoms. The van der Waals surface area contributed by atoms with Gasteiger partial charge in [-0.05, 0) is 19.9 Å². The molecule has 1 aromatic carbocycles. The van der Waals surface area contributed by atoms with Gasteiger partial charge in [-0.3, -0.25) is 19.9 Å². The fourth-order valence-electron chi connectivity index (χ4n) is 2.97. The minimum absolute atomic E-state index is 0.0108. The van der Waals surface area contributed by atoms with E-state index in [-0.39, 0.29) is 23.8 Å². The monoisotopic (exact) mass is 336 g/mol. The molecule has 7 heteroatoms. The number of nitrogens with one attached hydrogen (secondary N) is 2. The Morgan fingerprint density at radius 3 is 2.25 bits per heavy atom. The van der Waals surface area contributed by atoms with Crippen molar-refractivity contribution in [1.29, 1.82) is 0 Å². The van der Waals surface area contributed by atoms with Crippen LogP contribution in [-0.2, 0) is 4.79 Å². The number of piperazine rings is 1. The molecule has 0 aromatic heterocycles. The summed E-state index contributed by atoms with van der Waals surface area (Å²) in [6.45, 7) is 6.66. The summed E-state index contributed by atoms with van der Waals surface area (Å²) in [5.74, 6) is -0.504. The third-order valence-electron chi connectivity index (χ3n) is 4.64. The number of nitrogens with zero attached hydrogens (tertiary/aromatic N) is 2. The molecule has 0 bridgehead atoms. The molecule has 1 heterocycles. The lowest BCUT2D eigenvalue weighted by Gasteiger charge is -2.40. The Labute approximate surface area is 142 Å². The largest absolute Gasteiger partial charge is 0.341 e. The van der Waals surface area contributed by atoms with Gasteiger partial charge < -0.3 is 5.32 Å². The summed E-state index contributed by atoms with van der Waals surface area (Å²) in [4.78, 5) is 27.5. The lowest BCUT2D eigenvalue weighted by Crippen LogP contribution is -2.55. The number of hydrogen-bond donors (Lipinski definition) is 2. The maximum atomic E-state index is 13.9. The number of hydrogen-bond acceptors (Lipinski definition) is 4. The van der Waals surface area contributed by atoms with Gasteiger partial charge in [0.1, 0.15) is 5.82 Å². The summed E-state index contributed by atoms with van der Waals surface area (Å²) in [6, 6.07) is 5.93. The number of benzene rings is 1. The van der Waals surface area contributed by atoms with Crippen LogP contribution in [-0.4, -0.2) is 61.0 Å². The SMILES string of the molecule is CNC(=O)NC(=O)[C@@H](C)N1CCN([C@H](C)c2ccccc2F)CC1. The molecule has 132 valence electrons. The molecular weight excluding hydrogens is 311 g/mol. The molecule has 1 fully saturated rings. The van der Waals surface area contributed by atoms with Crippen LogP contribution in [0.15, 0.2) is 24.3 Å². The van der Waals surface area contributed by atoms with Gasteiger partial charge in [-0.1, -0.05) is 18.2 Å². The van der Waals surface area contributed by atoms with Crippen molar-refractivity contribution in [1.82, 2.24) is 20.4 Å². The average Bonchev–Trinajstić information content (AvgIpc) is 2.60. The molecule has 1 saturated heterocycles. The van der Waals surface area contributed by atoms with Gasteiger partial charge in [0.25, 0.3) is 0 Å². The Bertz CT molecular complexity index is 588. The molecule has 1 aliphatic rings. The first-order chi connectivity index (χ1) is 11.4. The molecule has 0 spiro atoms. The van der Waals surface area contributed by atoms with E-state index < -0.39 is 6.03 Å². The number of carbonyl (C=O) groups excluding carboxylic acids is 2. The fourth-order valence-corrected chi connectivity index (χ4v) is 2.97. The van der Waals surface area contributed by atoms with Gasteiger partial charge in [-0.25, -0.2) is 9.18 Å². The smallest absolute Gasteiger partial charge is 0.321 e. The van der Waals surface area contributed by atoms with Crippen LogP contribution >= 0.6 is 0 Å². The van der Waals surface area contributed by atoms with E-state index in [1.807, 2.05) is 24.0 Å². The normalized spacial score (nSPS) is 18.7. The Kier molecular flexibility index (Phi) is 6.28. The van der Waals surface area contributed by atoms with Crippen molar-refractivity contribution in [2.24, 2.45) is 0 Å². The average molecular weight is 336 g/mol. The van der Waals surface area contributed by atoms with E-state index in [9.17, 15) is 14.0 Å². The van der Waals surface area contributed by atoms with Crippen LogP contribution < -0.4 is 10.6 Å². The highest BCUT2D eigenvalue weighted by molar-refractivity contribution is 5.96. The third kappa shape index (κ3) is 4.30. The number of amides is 3. The van der Waals surface area contributed by atoms with E-state index in [1.165, 1.54) is 13.1 Å². The van der Waals surface area contributed by atoms with Gasteiger partial charge in [0.15, 0.2) is 0 Å². The molecule has 6 nitrogen and oxygen atoms in total. The van der Waals surface area contributed by atoms with Crippen molar-refractivity contribution in [2.75, 3.05) is 33.2 Å². The van der Waals surface area contributed by atoms with Crippen LogP contribution in [0.2, 0.25) is 0 Å². The quantitative estimate of drug-likeness (QED) is 0.871. The molecule has 1 aliphatic heterocycles. The number of imide groups is 1. The standard InChI is InChI=1S/C17H25FN4O2/c1-12(14-6-4-5-7-15(14)18)21-8-10-22(11-9-21)13(2)16(23)20-17(24)19-3/h4-7,12-13H,8-11H2,1-3H3,(H2,19,20,23,24)/t12-,13-/m1/s1. The molecule has 3 amide bonds. The minimum atomic E-state index is -0.501. The number of urea groups is 1. The van der Waals surface area contributed by atoms with Crippen LogP contribution in [0.25, 0.3) is 0 Å². The van der Waals surface area contributed by atoms with E-state index >= 15 is 0 Å². The first-order valence-corrected chi connectivity index (χ1v) is 8.19. The van der Waals surface area contributed by atoms with Crippen molar-refractivity contribution < 1.29 is 14.0 Å². The van der Waals surface area contributed by atoms with Gasteiger partial charge in [0.2, 0.25) is 5.91 Å². The van der Waals surface area contributed by atoms with Crippen molar-refractivity contribution in [3.8, 4) is 0 Å². The summed E-state index contributed by atoms with van der Waals surface area (Å²) < 4.78 is 13.9. The highest BCUT2D eigenvalue weighted by Gasteiger charge is 2.29. The molecule has 0 unspecified atom stereocenters. The van der Waals surface area contributed by atoms with Gasteiger partial charge in [0, 0.05) is 44.8 Å². The maximum absolute atomic E-state index is 13.9. The Morgan fingerprint density at radius 1 is 1.08 bits per heavy atom. The van der Waals surface area contributed by atoms with E-state index in [4.69, 9.17) is 0 Å². The fraction of sp³-hybridized carbons (Fsp3) is 0.529. The Balaban J connectivity index is 1.90. The predicted octanol–water partition coefficient (Wildman–Crippen LogP) is 1.35. The maximum Gasteiger partial charge on any atom is 0.321 e. The second-order valence-corrected chi connectivity index (χ2v) is 6.01. The lowest BCUT2D eigenvalue weighted by atomic mass is 10.1. The highest BCUT2D eigenvalue weighted by atomic mass is 19.1. The van der Waals surface area contributed by atoms with Crippen LogP contribution in [0.3, 0.4) is 0 Å². The topological polar surface area (TPSA) is 64.7 Å². The predicted molar refractivity (Wildman–Crippen MR) is 90.0 cm³/mol. The van der Waals surface area contributed by atoms with E-state index in [0.29, 0.717) is 18.7 Å². The van der Waals surface area contributed by atoms with Crippen LogP contribution in [0.4, 0.5) is 9.18 Å². The second-order valence-electron chi connectivity index (χ2n) is 6.01. The van der Waals surface area contributed by atoms with Crippen molar-refractivity contribution >= 4 is 11.9 Å². The molecule has 2 N–H and O–H groups in total.